The van der Waals surface area contributed by atoms with Gasteiger partial charge in [-0.2, -0.15) is 8.42 Å². The van der Waals surface area contributed by atoms with Crippen LogP contribution in [0.1, 0.15) is 0 Å². The van der Waals surface area contributed by atoms with Gasteiger partial charge in [0.2, 0.25) is 0 Å². The average molecular weight is 192 g/mol. The van der Waals surface area contributed by atoms with E-state index in [-0.39, 0.29) is 0 Å². The summed E-state index contributed by atoms with van der Waals surface area (Å²) in [5.41, 5.74) is 4.91. The Kier molecular flexibility index (Phi) is 8.44. The van der Waals surface area contributed by atoms with Crippen LogP contribution in [0.5, 0.6) is 0 Å². The lowest BCUT2D eigenvalue weighted by atomic mass is 10.7. The van der Waals surface area contributed by atoms with Crippen molar-refractivity contribution in [1.82, 2.24) is 0 Å². The number of nitrogens with two attached hydrogens (primary N) is 1. The monoisotopic (exact) mass is 191 g/mol. The molecule has 0 aliphatic rings. The van der Waals surface area contributed by atoms with Crippen molar-refractivity contribution in [2.75, 3.05) is 6.54 Å². The van der Waals surface area contributed by atoms with E-state index in [9.17, 15) is 0 Å². The van der Waals surface area contributed by atoms with Gasteiger partial charge in [-0.3, -0.25) is 0 Å². The highest BCUT2D eigenvalue weighted by atomic mass is 36.0. The third kappa shape index (κ3) is 211. The number of hydrogen-bond donors (Lipinski definition) is 1. The van der Waals surface area contributed by atoms with Crippen LogP contribution in [0.3, 0.4) is 0 Å². The number of hydrogen-bond acceptors (Lipinski definition) is 3. The molecule has 0 rings (SSSR count). The summed E-state index contributed by atoms with van der Waals surface area (Å²) in [6, 6.07) is 0. The molecule has 0 heterocycles. The Labute approximate surface area is 63.4 Å². The predicted molar refractivity (Wildman–Crippen MR) is 39.9 cm³/mol. The van der Waals surface area contributed by atoms with E-state index < -0.39 is 8.26 Å². The largest absolute Gasteiger partial charge is 0.327 e. The third-order valence-corrected chi connectivity index (χ3v) is 0.167. The van der Waals surface area contributed by atoms with Gasteiger partial charge in [0, 0.05) is 27.9 Å². The zero-order valence-electron chi connectivity index (χ0n) is 4.55. The van der Waals surface area contributed by atoms with Crippen LogP contribution in [0.4, 0.5) is 0 Å². The van der Waals surface area contributed by atoms with E-state index in [1.165, 1.54) is 0 Å². The van der Waals surface area contributed by atoms with Crippen LogP contribution in [-0.2, 0) is 8.26 Å². The van der Waals surface area contributed by atoms with Crippen LogP contribution in [-0.4, -0.2) is 15.0 Å². The Bertz CT molecular complexity index is 145. The van der Waals surface area contributed by atoms with Gasteiger partial charge in [-0.05, 0) is 0 Å². The number of halogens is 2. The molecule has 0 aliphatic carbocycles. The minimum Gasteiger partial charge on any atom is -0.327 e. The van der Waals surface area contributed by atoms with Gasteiger partial charge in [0.25, 0.3) is 0 Å². The summed E-state index contributed by atoms with van der Waals surface area (Å²) >= 11 is 0. The van der Waals surface area contributed by atoms with Gasteiger partial charge in [-0.15, -0.1) is 6.58 Å². The number of rotatable bonds is 1. The van der Waals surface area contributed by atoms with Gasteiger partial charge in [-0.1, -0.05) is 6.08 Å². The zero-order valence-corrected chi connectivity index (χ0v) is 6.88. The van der Waals surface area contributed by atoms with Gasteiger partial charge < -0.3 is 5.73 Å². The molecule has 0 bridgehead atoms. The first-order valence-corrected chi connectivity index (χ1v) is 5.00. The molecule has 0 saturated heterocycles. The second kappa shape index (κ2) is 6.35. The summed E-state index contributed by atoms with van der Waals surface area (Å²) in [6.45, 7) is 3.94. The lowest BCUT2D eigenvalue weighted by Crippen LogP contribution is -1.90. The molecule has 2 N–H and O–H groups in total. The van der Waals surface area contributed by atoms with E-state index in [0.717, 1.165) is 0 Å². The van der Waals surface area contributed by atoms with E-state index >= 15 is 0 Å². The lowest BCUT2D eigenvalue weighted by molar-refractivity contribution is 0.621. The summed E-state index contributed by atoms with van der Waals surface area (Å²) in [7, 11) is 4.81. The highest BCUT2D eigenvalue weighted by Crippen LogP contribution is 1.98. The van der Waals surface area contributed by atoms with Gasteiger partial charge in [0.05, 0.1) is 0 Å². The van der Waals surface area contributed by atoms with E-state index in [1.807, 2.05) is 0 Å². The zero-order chi connectivity index (χ0) is 7.91. The van der Waals surface area contributed by atoms with E-state index in [2.05, 4.69) is 27.9 Å². The highest BCUT2D eigenvalue weighted by molar-refractivity contribution is 8.31. The lowest BCUT2D eigenvalue weighted by Gasteiger charge is -1.61. The maximum Gasteiger partial charge on any atom is 0.317 e. The average Bonchev–Trinajstić information content (AvgIpc) is 1.61. The Balaban J connectivity index is 0. The van der Waals surface area contributed by atoms with Crippen LogP contribution in [0.15, 0.2) is 12.7 Å². The topological polar surface area (TPSA) is 60.2 Å². The second-order valence-corrected chi connectivity index (χ2v) is 4.57. The predicted octanol–water partition coefficient (Wildman–Crippen LogP) is 0.840. The molecule has 0 saturated carbocycles. The summed E-state index contributed by atoms with van der Waals surface area (Å²) < 4.78 is 18.3. The second-order valence-electron chi connectivity index (χ2n) is 0.903. The van der Waals surface area contributed by atoms with E-state index in [1.54, 1.807) is 6.08 Å². The molecular formula is C3H7Cl2NO2S. The van der Waals surface area contributed by atoms with Crippen molar-refractivity contribution < 1.29 is 8.42 Å². The van der Waals surface area contributed by atoms with Crippen LogP contribution < -0.4 is 5.73 Å². The minimum absolute atomic E-state index is 0.583. The molecule has 0 aromatic rings. The van der Waals surface area contributed by atoms with Gasteiger partial charge in [0.1, 0.15) is 0 Å². The van der Waals surface area contributed by atoms with E-state index in [4.69, 9.17) is 14.2 Å². The first-order valence-electron chi connectivity index (χ1n) is 1.87. The van der Waals surface area contributed by atoms with Crippen LogP contribution in [0, 0.1) is 0 Å². The molecule has 0 unspecified atom stereocenters. The van der Waals surface area contributed by atoms with Crippen molar-refractivity contribution in [2.24, 2.45) is 5.73 Å². The van der Waals surface area contributed by atoms with Crippen molar-refractivity contribution in [3.8, 4) is 0 Å². The summed E-state index contributed by atoms with van der Waals surface area (Å²) in [5, 5.41) is 0. The third-order valence-electron chi connectivity index (χ3n) is 0.167. The maximum absolute atomic E-state index is 9.16. The van der Waals surface area contributed by atoms with Crippen molar-refractivity contribution in [1.29, 1.82) is 0 Å². The molecule has 9 heavy (non-hydrogen) atoms. The summed E-state index contributed by atoms with van der Waals surface area (Å²) in [4.78, 5) is 0. The normalized spacial score (nSPS) is 9.22. The first-order chi connectivity index (χ1) is 3.91. The van der Waals surface area contributed by atoms with E-state index in [0.29, 0.717) is 6.54 Å². The van der Waals surface area contributed by atoms with Crippen LogP contribution >= 0.6 is 21.4 Å². The highest BCUT2D eigenvalue weighted by Gasteiger charge is 1.88. The Morgan fingerprint density at radius 2 is 1.67 bits per heavy atom. The van der Waals surface area contributed by atoms with Gasteiger partial charge in [0.15, 0.2) is 0 Å². The molecular weight excluding hydrogens is 185 g/mol. The molecule has 0 radical (unpaired) electrons. The van der Waals surface area contributed by atoms with Gasteiger partial charge >= 0.3 is 8.26 Å². The molecule has 0 aliphatic heterocycles. The standard InChI is InChI=1S/C3H7N.Cl2O2S/c1-2-3-4;1-5(2,3)4/h2H,1,3-4H2;. The van der Waals surface area contributed by atoms with Crippen LogP contribution in [0.25, 0.3) is 0 Å². The van der Waals surface area contributed by atoms with Gasteiger partial charge in [-0.25, -0.2) is 0 Å². The van der Waals surface area contributed by atoms with Crippen LogP contribution in [0.2, 0.25) is 0 Å². The first kappa shape index (κ1) is 12.0. The maximum atomic E-state index is 9.16. The fourth-order valence-corrected chi connectivity index (χ4v) is 0. The molecule has 3 nitrogen and oxygen atoms in total. The summed E-state index contributed by atoms with van der Waals surface area (Å²) in [6.07, 6.45) is 1.65. The van der Waals surface area contributed by atoms with Crippen molar-refractivity contribution in [3.63, 3.8) is 0 Å². The van der Waals surface area contributed by atoms with Crippen molar-refractivity contribution in [2.45, 2.75) is 0 Å². The fraction of sp³-hybridized carbons (Fsp3) is 0.333. The quantitative estimate of drug-likeness (QED) is 0.494. The molecule has 0 aromatic heterocycles. The fourth-order valence-electron chi connectivity index (χ4n) is 0. The Hall–Kier alpha value is 0.230. The van der Waals surface area contributed by atoms with Crippen molar-refractivity contribution in [3.05, 3.63) is 12.7 Å². The Morgan fingerprint density at radius 1 is 1.56 bits per heavy atom. The van der Waals surface area contributed by atoms with Crippen molar-refractivity contribution >= 4 is 29.6 Å². The molecule has 0 atom stereocenters. The summed E-state index contributed by atoms with van der Waals surface area (Å²) in [5.74, 6) is 0. The molecule has 0 aromatic carbocycles. The molecule has 0 spiro atoms. The minimum atomic E-state index is -3.72. The molecule has 6 heteroatoms. The SMILES string of the molecule is C=CCN.O=S(=O)(Cl)Cl. The smallest absolute Gasteiger partial charge is 0.317 e. The molecule has 56 valence electrons. The molecule has 0 fully saturated rings. The Morgan fingerprint density at radius 3 is 1.67 bits per heavy atom. The molecule has 0 amide bonds.